The molecule has 9 heteroatoms. The third-order valence-corrected chi connectivity index (χ3v) is 5.79. The van der Waals surface area contributed by atoms with Gasteiger partial charge in [-0.15, -0.1) is 0 Å². The van der Waals surface area contributed by atoms with Crippen molar-refractivity contribution in [2.24, 2.45) is 0 Å². The van der Waals surface area contributed by atoms with Crippen LogP contribution in [0.25, 0.3) is 6.08 Å². The van der Waals surface area contributed by atoms with Crippen LogP contribution in [-0.4, -0.2) is 25.0 Å². The molecule has 0 saturated carbocycles. The molecule has 0 saturated heterocycles. The van der Waals surface area contributed by atoms with Crippen molar-refractivity contribution in [2.45, 2.75) is 20.4 Å². The average Bonchev–Trinajstić information content (AvgIpc) is 2.88. The number of carbonyl (C=O) groups is 2. The third kappa shape index (κ3) is 8.01. The molecule has 0 spiro atoms. The van der Waals surface area contributed by atoms with Gasteiger partial charge in [0, 0.05) is 17.3 Å². The van der Waals surface area contributed by atoms with Crippen LogP contribution in [0.3, 0.4) is 0 Å². The highest BCUT2D eigenvalue weighted by Crippen LogP contribution is 2.37. The zero-order chi connectivity index (χ0) is 26.8. The van der Waals surface area contributed by atoms with Gasteiger partial charge in [0.15, 0.2) is 18.1 Å². The molecule has 3 aromatic carbocycles. The lowest BCUT2D eigenvalue weighted by atomic mass is 10.1. The molecular formula is C28H25Cl2N3O4. The van der Waals surface area contributed by atoms with Crippen LogP contribution in [0.1, 0.15) is 23.6 Å². The zero-order valence-corrected chi connectivity index (χ0v) is 21.8. The topological polar surface area (TPSA) is 100 Å². The number of amides is 2. The van der Waals surface area contributed by atoms with Gasteiger partial charge in [-0.2, -0.15) is 5.26 Å². The van der Waals surface area contributed by atoms with E-state index in [2.05, 4.69) is 10.6 Å². The van der Waals surface area contributed by atoms with E-state index in [9.17, 15) is 14.9 Å². The quantitative estimate of drug-likeness (QED) is 0.246. The minimum absolute atomic E-state index is 0.0979. The monoisotopic (exact) mass is 537 g/mol. The summed E-state index contributed by atoms with van der Waals surface area (Å²) in [6, 6.07) is 19.6. The van der Waals surface area contributed by atoms with E-state index in [1.54, 1.807) is 31.2 Å². The second kappa shape index (κ2) is 13.4. The maximum absolute atomic E-state index is 12.5. The van der Waals surface area contributed by atoms with E-state index in [0.717, 1.165) is 11.1 Å². The van der Waals surface area contributed by atoms with Crippen molar-refractivity contribution in [3.8, 4) is 17.6 Å². The Kier molecular flexibility index (Phi) is 9.96. The molecule has 190 valence electrons. The zero-order valence-electron chi connectivity index (χ0n) is 20.3. The fourth-order valence-electron chi connectivity index (χ4n) is 3.27. The molecule has 2 N–H and O–H groups in total. The smallest absolute Gasteiger partial charge is 0.262 e. The Morgan fingerprint density at radius 3 is 2.46 bits per heavy atom. The first kappa shape index (κ1) is 27.6. The van der Waals surface area contributed by atoms with Gasteiger partial charge < -0.3 is 20.1 Å². The summed E-state index contributed by atoms with van der Waals surface area (Å²) in [5.74, 6) is -0.489. The summed E-state index contributed by atoms with van der Waals surface area (Å²) in [5, 5.41) is 15.7. The highest BCUT2D eigenvalue weighted by Gasteiger charge is 2.16. The van der Waals surface area contributed by atoms with Crippen LogP contribution in [0, 0.1) is 18.3 Å². The van der Waals surface area contributed by atoms with Gasteiger partial charge in [-0.25, -0.2) is 0 Å². The molecule has 0 aliphatic heterocycles. The van der Waals surface area contributed by atoms with Crippen molar-refractivity contribution in [1.82, 2.24) is 5.32 Å². The molecule has 0 aliphatic carbocycles. The van der Waals surface area contributed by atoms with Gasteiger partial charge >= 0.3 is 0 Å². The first-order valence-corrected chi connectivity index (χ1v) is 12.1. The van der Waals surface area contributed by atoms with Gasteiger partial charge in [0.2, 0.25) is 0 Å². The van der Waals surface area contributed by atoms with Crippen molar-refractivity contribution in [1.29, 1.82) is 5.26 Å². The number of nitrogens with zero attached hydrogens (tertiary/aromatic N) is 1. The minimum atomic E-state index is -0.520. The van der Waals surface area contributed by atoms with Gasteiger partial charge in [0.25, 0.3) is 11.8 Å². The van der Waals surface area contributed by atoms with Crippen molar-refractivity contribution < 1.29 is 19.1 Å². The average molecular weight is 538 g/mol. The minimum Gasteiger partial charge on any atom is -0.490 e. The van der Waals surface area contributed by atoms with E-state index in [-0.39, 0.29) is 35.2 Å². The lowest BCUT2D eigenvalue weighted by Gasteiger charge is -2.15. The predicted molar refractivity (Wildman–Crippen MR) is 145 cm³/mol. The Labute approximate surface area is 225 Å². The van der Waals surface area contributed by atoms with Crippen LogP contribution in [0.5, 0.6) is 11.5 Å². The van der Waals surface area contributed by atoms with Crippen molar-refractivity contribution in [3.63, 3.8) is 0 Å². The van der Waals surface area contributed by atoms with Crippen LogP contribution in [-0.2, 0) is 16.1 Å². The first-order chi connectivity index (χ1) is 17.8. The Morgan fingerprint density at radius 1 is 1.03 bits per heavy atom. The molecule has 37 heavy (non-hydrogen) atoms. The highest BCUT2D eigenvalue weighted by molar-refractivity contribution is 6.32. The van der Waals surface area contributed by atoms with Crippen LogP contribution < -0.4 is 20.1 Å². The Balaban J connectivity index is 1.72. The molecule has 0 atom stereocenters. The van der Waals surface area contributed by atoms with E-state index >= 15 is 0 Å². The van der Waals surface area contributed by atoms with Crippen molar-refractivity contribution in [3.05, 3.63) is 93.0 Å². The van der Waals surface area contributed by atoms with E-state index in [0.29, 0.717) is 22.9 Å². The van der Waals surface area contributed by atoms with Gasteiger partial charge in [-0.3, -0.25) is 9.59 Å². The number of aryl methyl sites for hydroxylation is 1. The third-order valence-electron chi connectivity index (χ3n) is 5.11. The molecule has 0 unspecified atom stereocenters. The molecule has 7 nitrogen and oxygen atoms in total. The predicted octanol–water partition coefficient (Wildman–Crippen LogP) is 5.94. The molecule has 0 radical (unpaired) electrons. The number of rotatable bonds is 10. The molecule has 3 rings (SSSR count). The maximum Gasteiger partial charge on any atom is 0.262 e. The standard InChI is InChI=1S/C28H25Cl2N3O4/c1-3-36-25-13-20(11-21(15-31)28(35)32-16-19-7-5-4-6-8-19)12-24(30)27(25)37-17-26(34)33-22-10-9-18(2)23(29)14-22/h4-14H,3,16-17H2,1-2H3,(H,32,35)(H,33,34)/b21-11+. The molecule has 2 amide bonds. The summed E-state index contributed by atoms with van der Waals surface area (Å²) in [5.41, 5.74) is 2.71. The normalized spacial score (nSPS) is 10.8. The Bertz CT molecular complexity index is 1350. The number of hydrogen-bond donors (Lipinski definition) is 2. The number of halogens is 2. The number of ether oxygens (including phenoxy) is 2. The van der Waals surface area contributed by atoms with Crippen LogP contribution in [0.2, 0.25) is 10.0 Å². The highest BCUT2D eigenvalue weighted by atomic mass is 35.5. The largest absolute Gasteiger partial charge is 0.490 e. The number of anilines is 1. The van der Waals surface area contributed by atoms with E-state index in [1.165, 1.54) is 12.1 Å². The number of hydrogen-bond acceptors (Lipinski definition) is 5. The molecule has 0 aromatic heterocycles. The summed E-state index contributed by atoms with van der Waals surface area (Å²) in [7, 11) is 0. The van der Waals surface area contributed by atoms with Gasteiger partial charge in [0.1, 0.15) is 11.6 Å². The lowest BCUT2D eigenvalue weighted by Crippen LogP contribution is -2.23. The fraction of sp³-hybridized carbons (Fsp3) is 0.179. The van der Waals surface area contributed by atoms with Crippen LogP contribution in [0.4, 0.5) is 5.69 Å². The van der Waals surface area contributed by atoms with Gasteiger partial charge in [-0.1, -0.05) is 59.6 Å². The Morgan fingerprint density at radius 2 is 1.78 bits per heavy atom. The maximum atomic E-state index is 12.5. The lowest BCUT2D eigenvalue weighted by molar-refractivity contribution is -0.118. The Hall–Kier alpha value is -3.99. The second-order valence-corrected chi connectivity index (χ2v) is 8.72. The van der Waals surface area contributed by atoms with E-state index < -0.39 is 11.8 Å². The summed E-state index contributed by atoms with van der Waals surface area (Å²) < 4.78 is 11.3. The van der Waals surface area contributed by atoms with Crippen LogP contribution in [0.15, 0.2) is 66.2 Å². The SMILES string of the molecule is CCOc1cc(/C=C(\C#N)C(=O)NCc2ccccc2)cc(Cl)c1OCC(=O)Nc1ccc(C)c(Cl)c1. The van der Waals surface area contributed by atoms with Gasteiger partial charge in [0.05, 0.1) is 11.6 Å². The van der Waals surface area contributed by atoms with Crippen molar-refractivity contribution >= 4 is 46.8 Å². The first-order valence-electron chi connectivity index (χ1n) is 11.4. The number of benzene rings is 3. The summed E-state index contributed by atoms with van der Waals surface area (Å²) in [6.07, 6.45) is 1.41. The molecule has 0 heterocycles. The van der Waals surface area contributed by atoms with Crippen LogP contribution >= 0.6 is 23.2 Å². The molecule has 0 bridgehead atoms. The van der Waals surface area contributed by atoms with Gasteiger partial charge in [-0.05, 0) is 60.9 Å². The molecular weight excluding hydrogens is 513 g/mol. The van der Waals surface area contributed by atoms with E-state index in [4.69, 9.17) is 32.7 Å². The summed E-state index contributed by atoms with van der Waals surface area (Å²) in [6.45, 7) is 3.91. The number of nitrogens with one attached hydrogen (secondary N) is 2. The van der Waals surface area contributed by atoms with E-state index in [1.807, 2.05) is 43.3 Å². The fourth-order valence-corrected chi connectivity index (χ4v) is 3.72. The van der Waals surface area contributed by atoms with Crippen molar-refractivity contribution in [2.75, 3.05) is 18.5 Å². The molecule has 0 aliphatic rings. The molecule has 0 fully saturated rings. The summed E-state index contributed by atoms with van der Waals surface area (Å²) >= 11 is 12.5. The summed E-state index contributed by atoms with van der Waals surface area (Å²) in [4.78, 5) is 24.9. The molecule has 3 aromatic rings. The number of carbonyl (C=O) groups excluding carboxylic acids is 2. The number of nitriles is 1. The second-order valence-electron chi connectivity index (χ2n) is 7.90.